The van der Waals surface area contributed by atoms with Gasteiger partial charge in [-0.2, -0.15) is 0 Å². The van der Waals surface area contributed by atoms with Gasteiger partial charge in [0.1, 0.15) is 4.88 Å². The first kappa shape index (κ1) is 17.1. The Morgan fingerprint density at radius 3 is 2.46 bits per heavy atom. The summed E-state index contributed by atoms with van der Waals surface area (Å²) in [5.41, 5.74) is 1.82. The average Bonchev–Trinajstić information content (AvgIpc) is 3.31. The number of thiazole rings is 1. The molecule has 1 amide bonds. The first-order chi connectivity index (χ1) is 12.6. The van der Waals surface area contributed by atoms with Crippen molar-refractivity contribution in [1.82, 2.24) is 14.5 Å². The lowest BCUT2D eigenvalue weighted by atomic mass is 10.2. The molecule has 1 fully saturated rings. The van der Waals surface area contributed by atoms with Gasteiger partial charge in [-0.15, -0.1) is 0 Å². The van der Waals surface area contributed by atoms with Crippen LogP contribution in [0.5, 0.6) is 0 Å². The fraction of sp³-hybridized carbons (Fsp3) is 0.263. The summed E-state index contributed by atoms with van der Waals surface area (Å²) in [4.78, 5) is 22.4. The topological polar surface area (TPSA) is 41.4 Å². The minimum absolute atomic E-state index is 0.0669. The van der Waals surface area contributed by atoms with Crippen molar-refractivity contribution >= 4 is 34.5 Å². The summed E-state index contributed by atoms with van der Waals surface area (Å²) in [7, 11) is 0. The molecular formula is C19H19ClN4OS. The monoisotopic (exact) mass is 386 g/mol. The molecule has 3 heterocycles. The molecule has 1 aliphatic heterocycles. The van der Waals surface area contributed by atoms with E-state index >= 15 is 0 Å². The number of aryl methyl sites for hydroxylation is 1. The zero-order valence-electron chi connectivity index (χ0n) is 14.4. The number of carbonyl (C=O) groups excluding carboxylic acids is 1. The van der Waals surface area contributed by atoms with Crippen LogP contribution in [0.25, 0.3) is 5.13 Å². The number of hydrogen-bond acceptors (Lipinski definition) is 4. The number of hydrogen-bond donors (Lipinski definition) is 0. The minimum Gasteiger partial charge on any atom is -0.367 e. The predicted molar refractivity (Wildman–Crippen MR) is 106 cm³/mol. The van der Waals surface area contributed by atoms with Crippen LogP contribution in [0.1, 0.15) is 15.4 Å². The van der Waals surface area contributed by atoms with E-state index in [1.807, 2.05) is 65.2 Å². The van der Waals surface area contributed by atoms with Gasteiger partial charge in [0.15, 0.2) is 5.13 Å². The Kier molecular flexibility index (Phi) is 4.70. The van der Waals surface area contributed by atoms with Gasteiger partial charge in [-0.05, 0) is 31.2 Å². The maximum Gasteiger partial charge on any atom is 0.266 e. The van der Waals surface area contributed by atoms with Crippen molar-refractivity contribution in [2.45, 2.75) is 6.92 Å². The number of amides is 1. The molecule has 0 unspecified atom stereocenters. The summed E-state index contributed by atoms with van der Waals surface area (Å²) in [6, 6.07) is 11.7. The predicted octanol–water partition coefficient (Wildman–Crippen LogP) is 3.86. The number of nitrogens with zero attached hydrogens (tertiary/aromatic N) is 4. The Bertz CT molecular complexity index is 914. The zero-order valence-corrected chi connectivity index (χ0v) is 16.0. The first-order valence-electron chi connectivity index (χ1n) is 8.53. The maximum atomic E-state index is 13.0. The van der Waals surface area contributed by atoms with Crippen LogP contribution in [0.15, 0.2) is 48.8 Å². The number of para-hydroxylation sites is 1. The molecule has 26 heavy (non-hydrogen) atoms. The van der Waals surface area contributed by atoms with Gasteiger partial charge in [0.25, 0.3) is 5.91 Å². The summed E-state index contributed by atoms with van der Waals surface area (Å²) >= 11 is 7.74. The number of carbonyl (C=O) groups is 1. The normalized spacial score (nSPS) is 14.7. The molecule has 0 saturated carbocycles. The van der Waals surface area contributed by atoms with Crippen molar-refractivity contribution in [3.05, 3.63) is 64.4 Å². The molecule has 0 spiro atoms. The van der Waals surface area contributed by atoms with Gasteiger partial charge in [-0.3, -0.25) is 4.79 Å². The Morgan fingerprint density at radius 2 is 1.77 bits per heavy atom. The third-order valence-electron chi connectivity index (χ3n) is 4.56. The molecule has 0 radical (unpaired) electrons. The van der Waals surface area contributed by atoms with Gasteiger partial charge in [0.05, 0.1) is 16.4 Å². The third kappa shape index (κ3) is 3.22. The van der Waals surface area contributed by atoms with Gasteiger partial charge in [-0.25, -0.2) is 4.98 Å². The molecule has 1 aliphatic rings. The van der Waals surface area contributed by atoms with Crippen LogP contribution in [0.3, 0.4) is 0 Å². The first-order valence-corrected chi connectivity index (χ1v) is 9.72. The van der Waals surface area contributed by atoms with E-state index in [1.54, 1.807) is 0 Å². The van der Waals surface area contributed by atoms with E-state index in [-0.39, 0.29) is 5.91 Å². The summed E-state index contributed by atoms with van der Waals surface area (Å²) in [6.07, 6.45) is 3.88. The third-order valence-corrected chi connectivity index (χ3v) is 6.04. The number of rotatable bonds is 3. The van der Waals surface area contributed by atoms with Crippen LogP contribution in [0, 0.1) is 6.92 Å². The molecule has 0 atom stereocenters. The molecule has 0 bridgehead atoms. The largest absolute Gasteiger partial charge is 0.367 e. The molecule has 2 aromatic heterocycles. The highest BCUT2D eigenvalue weighted by molar-refractivity contribution is 7.16. The SMILES string of the molecule is Cc1nc(-n2cccc2)sc1C(=O)N1CCN(c2ccccc2Cl)CC1. The van der Waals surface area contributed by atoms with E-state index in [9.17, 15) is 4.79 Å². The average molecular weight is 387 g/mol. The number of anilines is 1. The standard InChI is InChI=1S/C19H19ClN4OS/c1-14-17(26-19(21-14)24-8-4-5-9-24)18(25)23-12-10-22(11-13-23)16-7-3-2-6-15(16)20/h2-9H,10-13H2,1H3. The highest BCUT2D eigenvalue weighted by Gasteiger charge is 2.26. The van der Waals surface area contributed by atoms with E-state index in [0.29, 0.717) is 13.1 Å². The molecule has 5 nitrogen and oxygen atoms in total. The van der Waals surface area contributed by atoms with Crippen LogP contribution < -0.4 is 4.90 Å². The molecule has 1 saturated heterocycles. The number of benzene rings is 1. The Labute approximate surface area is 161 Å². The molecule has 134 valence electrons. The minimum atomic E-state index is 0.0669. The molecule has 1 aromatic carbocycles. The van der Waals surface area contributed by atoms with E-state index in [1.165, 1.54) is 11.3 Å². The van der Waals surface area contributed by atoms with Crippen molar-refractivity contribution in [3.8, 4) is 5.13 Å². The highest BCUT2D eigenvalue weighted by Crippen LogP contribution is 2.27. The molecule has 4 rings (SSSR count). The maximum absolute atomic E-state index is 13.0. The second kappa shape index (κ2) is 7.13. The lowest BCUT2D eigenvalue weighted by Gasteiger charge is -2.36. The Hall–Kier alpha value is -2.31. The van der Waals surface area contributed by atoms with Crippen molar-refractivity contribution in [2.75, 3.05) is 31.1 Å². The van der Waals surface area contributed by atoms with Gasteiger partial charge < -0.3 is 14.4 Å². The zero-order chi connectivity index (χ0) is 18.1. The van der Waals surface area contributed by atoms with Crippen LogP contribution in [-0.2, 0) is 0 Å². The molecule has 0 N–H and O–H groups in total. The van der Waals surface area contributed by atoms with Crippen LogP contribution >= 0.6 is 22.9 Å². The van der Waals surface area contributed by atoms with Crippen LogP contribution in [-0.4, -0.2) is 46.5 Å². The lowest BCUT2D eigenvalue weighted by Crippen LogP contribution is -2.48. The molecule has 7 heteroatoms. The molecule has 3 aromatic rings. The summed E-state index contributed by atoms with van der Waals surface area (Å²) in [5.74, 6) is 0.0669. The van der Waals surface area contributed by atoms with Crippen molar-refractivity contribution in [2.24, 2.45) is 0 Å². The Balaban J connectivity index is 1.47. The van der Waals surface area contributed by atoms with Gasteiger partial charge in [0, 0.05) is 38.6 Å². The fourth-order valence-electron chi connectivity index (χ4n) is 3.16. The van der Waals surface area contributed by atoms with Gasteiger partial charge >= 0.3 is 0 Å². The quantitative estimate of drug-likeness (QED) is 0.686. The van der Waals surface area contributed by atoms with E-state index in [4.69, 9.17) is 11.6 Å². The van der Waals surface area contributed by atoms with Crippen molar-refractivity contribution in [3.63, 3.8) is 0 Å². The number of aromatic nitrogens is 2. The second-order valence-corrected chi connectivity index (χ2v) is 7.62. The lowest BCUT2D eigenvalue weighted by molar-refractivity contribution is 0.0750. The van der Waals surface area contributed by atoms with Crippen molar-refractivity contribution < 1.29 is 4.79 Å². The second-order valence-electron chi connectivity index (χ2n) is 6.23. The smallest absolute Gasteiger partial charge is 0.266 e. The number of piperazine rings is 1. The highest BCUT2D eigenvalue weighted by atomic mass is 35.5. The molecular weight excluding hydrogens is 368 g/mol. The molecule has 0 aliphatic carbocycles. The van der Waals surface area contributed by atoms with E-state index in [2.05, 4.69) is 9.88 Å². The van der Waals surface area contributed by atoms with E-state index in [0.717, 1.165) is 39.5 Å². The van der Waals surface area contributed by atoms with Crippen molar-refractivity contribution in [1.29, 1.82) is 0 Å². The Morgan fingerprint density at radius 1 is 1.08 bits per heavy atom. The van der Waals surface area contributed by atoms with Crippen LogP contribution in [0.4, 0.5) is 5.69 Å². The van der Waals surface area contributed by atoms with E-state index < -0.39 is 0 Å². The van der Waals surface area contributed by atoms with Gasteiger partial charge in [0.2, 0.25) is 0 Å². The van der Waals surface area contributed by atoms with Gasteiger partial charge in [-0.1, -0.05) is 35.1 Å². The number of halogens is 1. The summed E-state index contributed by atoms with van der Waals surface area (Å²) in [5, 5.41) is 1.58. The summed E-state index contributed by atoms with van der Waals surface area (Å²) in [6.45, 7) is 4.81. The van der Waals surface area contributed by atoms with Crippen LogP contribution in [0.2, 0.25) is 5.02 Å². The summed E-state index contributed by atoms with van der Waals surface area (Å²) < 4.78 is 1.93. The fourth-order valence-corrected chi connectivity index (χ4v) is 4.41.